The standard InChI is InChI=1S/C20H28N2O7/c1-12(2)19(21)20(26)22-10-18(25)28-13(3)11-27-17(24)9-15-5-7-16(8-6-15)29-14(4)23/h5-8,12-13,19H,9-11,21H2,1-4H3,(H,22,26). The van der Waals surface area contributed by atoms with Gasteiger partial charge in [-0.3, -0.25) is 19.2 Å². The zero-order valence-electron chi connectivity index (χ0n) is 17.1. The first-order valence-corrected chi connectivity index (χ1v) is 9.24. The Hall–Kier alpha value is -2.94. The van der Waals surface area contributed by atoms with Crippen molar-refractivity contribution in [1.82, 2.24) is 5.32 Å². The Balaban J connectivity index is 2.31. The Morgan fingerprint density at radius 3 is 2.21 bits per heavy atom. The van der Waals surface area contributed by atoms with E-state index in [2.05, 4.69) is 5.32 Å². The molecule has 9 heteroatoms. The summed E-state index contributed by atoms with van der Waals surface area (Å²) < 4.78 is 15.1. The lowest BCUT2D eigenvalue weighted by Crippen LogP contribution is -2.46. The average Bonchev–Trinajstić information content (AvgIpc) is 2.65. The van der Waals surface area contributed by atoms with Crippen LogP contribution in [-0.4, -0.2) is 49.1 Å². The van der Waals surface area contributed by atoms with Gasteiger partial charge in [-0.15, -0.1) is 0 Å². The largest absolute Gasteiger partial charge is 0.461 e. The molecule has 0 bridgehead atoms. The van der Waals surface area contributed by atoms with E-state index in [9.17, 15) is 19.2 Å². The van der Waals surface area contributed by atoms with Crippen LogP contribution in [-0.2, 0) is 35.1 Å². The van der Waals surface area contributed by atoms with Gasteiger partial charge >= 0.3 is 17.9 Å². The van der Waals surface area contributed by atoms with Crippen molar-refractivity contribution in [3.05, 3.63) is 29.8 Å². The van der Waals surface area contributed by atoms with E-state index < -0.39 is 36.0 Å². The average molecular weight is 408 g/mol. The maximum absolute atomic E-state index is 11.9. The molecule has 1 amide bonds. The molecule has 0 fully saturated rings. The number of nitrogens with two attached hydrogens (primary N) is 1. The van der Waals surface area contributed by atoms with Gasteiger partial charge in [0.25, 0.3) is 0 Å². The minimum atomic E-state index is -0.704. The van der Waals surface area contributed by atoms with E-state index in [0.717, 1.165) is 0 Å². The quantitative estimate of drug-likeness (QED) is 0.427. The summed E-state index contributed by atoms with van der Waals surface area (Å²) in [7, 11) is 0. The molecule has 0 aliphatic rings. The molecule has 160 valence electrons. The van der Waals surface area contributed by atoms with E-state index in [0.29, 0.717) is 11.3 Å². The van der Waals surface area contributed by atoms with Crippen molar-refractivity contribution in [3.8, 4) is 5.75 Å². The molecule has 9 nitrogen and oxygen atoms in total. The molecule has 1 rings (SSSR count). The number of hydrogen-bond acceptors (Lipinski definition) is 8. The van der Waals surface area contributed by atoms with Gasteiger partial charge in [0.1, 0.15) is 25.0 Å². The predicted octanol–water partition coefficient (Wildman–Crippen LogP) is 0.729. The van der Waals surface area contributed by atoms with E-state index >= 15 is 0 Å². The molecule has 3 N–H and O–H groups in total. The van der Waals surface area contributed by atoms with Crippen LogP contribution in [0, 0.1) is 5.92 Å². The van der Waals surface area contributed by atoms with Gasteiger partial charge in [0, 0.05) is 6.92 Å². The van der Waals surface area contributed by atoms with Crippen molar-refractivity contribution in [2.75, 3.05) is 13.2 Å². The molecule has 0 radical (unpaired) electrons. The van der Waals surface area contributed by atoms with Crippen LogP contribution >= 0.6 is 0 Å². The number of esters is 3. The van der Waals surface area contributed by atoms with Gasteiger partial charge in [-0.1, -0.05) is 26.0 Å². The highest BCUT2D eigenvalue weighted by Gasteiger charge is 2.19. The van der Waals surface area contributed by atoms with Crippen molar-refractivity contribution in [3.63, 3.8) is 0 Å². The topological polar surface area (TPSA) is 134 Å². The molecule has 29 heavy (non-hydrogen) atoms. The first-order valence-electron chi connectivity index (χ1n) is 9.24. The lowest BCUT2D eigenvalue weighted by atomic mass is 10.1. The molecule has 1 aromatic carbocycles. The number of ether oxygens (including phenoxy) is 3. The SMILES string of the molecule is CC(=O)Oc1ccc(CC(=O)OCC(C)OC(=O)CNC(=O)C(N)C(C)C)cc1. The third-order valence-electron chi connectivity index (χ3n) is 3.77. The lowest BCUT2D eigenvalue weighted by molar-refractivity contribution is -0.157. The summed E-state index contributed by atoms with van der Waals surface area (Å²) in [6.07, 6.45) is -0.655. The zero-order valence-corrected chi connectivity index (χ0v) is 17.1. The number of hydrogen-bond donors (Lipinski definition) is 2. The van der Waals surface area contributed by atoms with Gasteiger partial charge in [0.2, 0.25) is 5.91 Å². The summed E-state index contributed by atoms with van der Waals surface area (Å²) in [5, 5.41) is 2.41. The third-order valence-corrected chi connectivity index (χ3v) is 3.77. The van der Waals surface area contributed by atoms with Crippen LogP contribution in [0.4, 0.5) is 0 Å². The van der Waals surface area contributed by atoms with Crippen molar-refractivity contribution in [2.45, 2.75) is 46.3 Å². The third kappa shape index (κ3) is 9.70. The van der Waals surface area contributed by atoms with Crippen LogP contribution in [0.3, 0.4) is 0 Å². The van der Waals surface area contributed by atoms with Crippen molar-refractivity contribution in [2.24, 2.45) is 11.7 Å². The van der Waals surface area contributed by atoms with Crippen LogP contribution in [0.5, 0.6) is 5.75 Å². The zero-order chi connectivity index (χ0) is 22.0. The highest BCUT2D eigenvalue weighted by molar-refractivity contribution is 5.85. The summed E-state index contributed by atoms with van der Waals surface area (Å²) in [4.78, 5) is 46.2. The second-order valence-electron chi connectivity index (χ2n) is 6.89. The summed E-state index contributed by atoms with van der Waals surface area (Å²) in [5.74, 6) is -1.68. The summed E-state index contributed by atoms with van der Waals surface area (Å²) in [6.45, 7) is 6.04. The minimum absolute atomic E-state index is 0.0180. The second-order valence-corrected chi connectivity index (χ2v) is 6.89. The van der Waals surface area contributed by atoms with E-state index in [1.807, 2.05) is 0 Å². The normalized spacial score (nSPS) is 12.6. The first-order chi connectivity index (χ1) is 13.6. The molecule has 1 aromatic rings. The van der Waals surface area contributed by atoms with Gasteiger partial charge in [-0.25, -0.2) is 0 Å². The number of benzene rings is 1. The van der Waals surface area contributed by atoms with Crippen LogP contribution < -0.4 is 15.8 Å². The monoisotopic (exact) mass is 408 g/mol. The molecule has 0 spiro atoms. The Bertz CT molecular complexity index is 716. The number of carbonyl (C=O) groups excluding carboxylic acids is 4. The summed E-state index contributed by atoms with van der Waals surface area (Å²) in [5.41, 5.74) is 6.36. The van der Waals surface area contributed by atoms with Gasteiger partial charge in [-0.2, -0.15) is 0 Å². The molecule has 2 atom stereocenters. The van der Waals surface area contributed by atoms with Gasteiger partial charge < -0.3 is 25.3 Å². The number of rotatable bonds is 10. The van der Waals surface area contributed by atoms with E-state index in [4.69, 9.17) is 19.9 Å². The molecule has 0 saturated heterocycles. The summed E-state index contributed by atoms with van der Waals surface area (Å²) >= 11 is 0. The van der Waals surface area contributed by atoms with E-state index in [1.54, 1.807) is 45.0 Å². The Kier molecular flexibility index (Phi) is 9.81. The van der Waals surface area contributed by atoms with Crippen LogP contribution in [0.15, 0.2) is 24.3 Å². The van der Waals surface area contributed by atoms with Gasteiger partial charge in [-0.05, 0) is 30.5 Å². The van der Waals surface area contributed by atoms with E-state index in [-0.39, 0.29) is 25.5 Å². The van der Waals surface area contributed by atoms with E-state index in [1.165, 1.54) is 6.92 Å². The van der Waals surface area contributed by atoms with Gasteiger partial charge in [0.15, 0.2) is 0 Å². The molecule has 0 aromatic heterocycles. The number of nitrogens with one attached hydrogen (secondary N) is 1. The Morgan fingerprint density at radius 2 is 1.66 bits per heavy atom. The molecular formula is C20H28N2O7. The number of amides is 1. The molecule has 2 unspecified atom stereocenters. The highest BCUT2D eigenvalue weighted by Crippen LogP contribution is 2.13. The van der Waals surface area contributed by atoms with Crippen molar-refractivity contribution in [1.29, 1.82) is 0 Å². The van der Waals surface area contributed by atoms with Crippen LogP contribution in [0.25, 0.3) is 0 Å². The van der Waals surface area contributed by atoms with Crippen molar-refractivity contribution >= 4 is 23.8 Å². The fraction of sp³-hybridized carbons (Fsp3) is 0.500. The lowest BCUT2D eigenvalue weighted by Gasteiger charge is -2.16. The summed E-state index contributed by atoms with van der Waals surface area (Å²) in [6, 6.07) is 5.74. The molecular weight excluding hydrogens is 380 g/mol. The van der Waals surface area contributed by atoms with Crippen LogP contribution in [0.2, 0.25) is 0 Å². The van der Waals surface area contributed by atoms with Gasteiger partial charge in [0.05, 0.1) is 12.5 Å². The number of carbonyl (C=O) groups is 4. The molecule has 0 saturated carbocycles. The molecule has 0 aliphatic heterocycles. The minimum Gasteiger partial charge on any atom is -0.461 e. The first kappa shape index (κ1) is 24.1. The smallest absolute Gasteiger partial charge is 0.325 e. The fourth-order valence-electron chi connectivity index (χ4n) is 2.15. The van der Waals surface area contributed by atoms with Crippen LogP contribution in [0.1, 0.15) is 33.3 Å². The van der Waals surface area contributed by atoms with Crippen molar-refractivity contribution < 1.29 is 33.4 Å². The molecule has 0 aliphatic carbocycles. The highest BCUT2D eigenvalue weighted by atomic mass is 16.6. The predicted molar refractivity (Wildman–Crippen MR) is 104 cm³/mol. The maximum Gasteiger partial charge on any atom is 0.325 e. The maximum atomic E-state index is 11.9. The Morgan fingerprint density at radius 1 is 1.03 bits per heavy atom. The fourth-order valence-corrected chi connectivity index (χ4v) is 2.15. The Labute approximate surface area is 169 Å². The second kappa shape index (κ2) is 11.8. The molecule has 0 heterocycles.